The lowest BCUT2D eigenvalue weighted by atomic mass is 10.1. The van der Waals surface area contributed by atoms with Crippen molar-refractivity contribution in [2.24, 2.45) is 0 Å². The van der Waals surface area contributed by atoms with E-state index in [4.69, 9.17) is 0 Å². The summed E-state index contributed by atoms with van der Waals surface area (Å²) in [5.41, 5.74) is 1.24. The summed E-state index contributed by atoms with van der Waals surface area (Å²) in [7, 11) is 0. The van der Waals surface area contributed by atoms with Gasteiger partial charge in [-0.25, -0.2) is 4.39 Å². The van der Waals surface area contributed by atoms with E-state index in [1.807, 2.05) is 6.92 Å². The molecule has 0 bridgehead atoms. The van der Waals surface area contributed by atoms with Crippen LogP contribution in [0.1, 0.15) is 41.6 Å². The molecule has 0 atom stereocenters. The number of benzene rings is 1. The fraction of sp³-hybridized carbons (Fsp3) is 0.500. The molecule has 1 aromatic rings. The Bertz CT molecular complexity index is 395. The molecule has 4 heteroatoms. The third-order valence-electron chi connectivity index (χ3n) is 2.79. The Balaban J connectivity index is 2.34. The standard InChI is InChI=1S/C14H19FINO/c1-11-6-7-12(15)10-13(11)14(18)17-9-5-3-2-4-8-16/h6-7,10H,2-5,8-9H2,1H3,(H,17,18). The highest BCUT2D eigenvalue weighted by atomic mass is 127. The van der Waals surface area contributed by atoms with Crippen molar-refractivity contribution in [1.82, 2.24) is 5.32 Å². The topological polar surface area (TPSA) is 29.1 Å². The van der Waals surface area contributed by atoms with Crippen LogP contribution < -0.4 is 5.32 Å². The summed E-state index contributed by atoms with van der Waals surface area (Å²) in [6, 6.07) is 4.29. The summed E-state index contributed by atoms with van der Waals surface area (Å²) in [4.78, 5) is 11.8. The average Bonchev–Trinajstić information content (AvgIpc) is 2.36. The van der Waals surface area contributed by atoms with Gasteiger partial charge in [0.25, 0.3) is 5.91 Å². The minimum atomic E-state index is -0.368. The molecule has 0 aromatic heterocycles. The maximum absolute atomic E-state index is 13.1. The first-order valence-electron chi connectivity index (χ1n) is 6.25. The van der Waals surface area contributed by atoms with Crippen LogP contribution in [0.2, 0.25) is 0 Å². The predicted molar refractivity (Wildman–Crippen MR) is 80.8 cm³/mol. The van der Waals surface area contributed by atoms with Crippen molar-refractivity contribution < 1.29 is 9.18 Å². The molecule has 1 N–H and O–H groups in total. The second-order valence-corrected chi connectivity index (χ2v) is 5.40. The van der Waals surface area contributed by atoms with Crippen molar-refractivity contribution in [3.8, 4) is 0 Å². The maximum Gasteiger partial charge on any atom is 0.251 e. The molecule has 0 fully saturated rings. The molecule has 0 unspecified atom stereocenters. The number of rotatable bonds is 7. The first-order valence-corrected chi connectivity index (χ1v) is 7.78. The zero-order valence-electron chi connectivity index (χ0n) is 10.6. The second kappa shape index (κ2) is 8.45. The summed E-state index contributed by atoms with van der Waals surface area (Å²) in [6.07, 6.45) is 4.55. The molecule has 0 aliphatic heterocycles. The minimum Gasteiger partial charge on any atom is -0.352 e. The molecule has 0 saturated heterocycles. The third kappa shape index (κ3) is 5.33. The summed E-state index contributed by atoms with van der Waals surface area (Å²) < 4.78 is 14.2. The van der Waals surface area contributed by atoms with Gasteiger partial charge in [0.05, 0.1) is 0 Å². The second-order valence-electron chi connectivity index (χ2n) is 4.32. The molecule has 1 amide bonds. The number of hydrogen-bond acceptors (Lipinski definition) is 1. The molecule has 2 nitrogen and oxygen atoms in total. The number of nitrogens with one attached hydrogen (secondary N) is 1. The normalized spacial score (nSPS) is 10.4. The van der Waals surface area contributed by atoms with E-state index in [9.17, 15) is 9.18 Å². The highest BCUT2D eigenvalue weighted by Gasteiger charge is 2.09. The van der Waals surface area contributed by atoms with Crippen molar-refractivity contribution >= 4 is 28.5 Å². The Labute approximate surface area is 121 Å². The van der Waals surface area contributed by atoms with Crippen molar-refractivity contribution in [2.75, 3.05) is 11.0 Å². The molecule has 1 rings (SSSR count). The van der Waals surface area contributed by atoms with E-state index < -0.39 is 0 Å². The van der Waals surface area contributed by atoms with Crippen LogP contribution in [0.4, 0.5) is 4.39 Å². The third-order valence-corrected chi connectivity index (χ3v) is 3.55. The van der Waals surface area contributed by atoms with Crippen LogP contribution in [0.25, 0.3) is 0 Å². The van der Waals surface area contributed by atoms with Gasteiger partial charge in [0.15, 0.2) is 0 Å². The van der Waals surface area contributed by atoms with Gasteiger partial charge in [0.2, 0.25) is 0 Å². The van der Waals surface area contributed by atoms with Gasteiger partial charge in [0, 0.05) is 12.1 Å². The van der Waals surface area contributed by atoms with Crippen molar-refractivity contribution in [2.45, 2.75) is 32.6 Å². The van der Waals surface area contributed by atoms with Crippen LogP contribution in [0.5, 0.6) is 0 Å². The van der Waals surface area contributed by atoms with E-state index in [-0.39, 0.29) is 11.7 Å². The number of unbranched alkanes of at least 4 members (excludes halogenated alkanes) is 3. The smallest absolute Gasteiger partial charge is 0.251 e. The molecule has 0 heterocycles. The van der Waals surface area contributed by atoms with E-state index in [0.717, 1.165) is 18.4 Å². The lowest BCUT2D eigenvalue weighted by Gasteiger charge is -2.07. The largest absolute Gasteiger partial charge is 0.352 e. The minimum absolute atomic E-state index is 0.180. The Kier molecular flexibility index (Phi) is 7.23. The number of amides is 1. The molecular weight excluding hydrogens is 344 g/mol. The van der Waals surface area contributed by atoms with Gasteiger partial charge in [-0.2, -0.15) is 0 Å². The summed E-state index contributed by atoms with van der Waals surface area (Å²) in [6.45, 7) is 2.48. The van der Waals surface area contributed by atoms with Gasteiger partial charge >= 0.3 is 0 Å². The number of alkyl halides is 1. The van der Waals surface area contributed by atoms with Gasteiger partial charge < -0.3 is 5.32 Å². The molecule has 0 radical (unpaired) electrons. The van der Waals surface area contributed by atoms with Crippen molar-refractivity contribution in [3.63, 3.8) is 0 Å². The monoisotopic (exact) mass is 363 g/mol. The van der Waals surface area contributed by atoms with Gasteiger partial charge in [0.1, 0.15) is 5.82 Å². The van der Waals surface area contributed by atoms with E-state index >= 15 is 0 Å². The van der Waals surface area contributed by atoms with E-state index in [0.29, 0.717) is 12.1 Å². The molecule has 0 aliphatic carbocycles. The van der Waals surface area contributed by atoms with Crippen LogP contribution in [0, 0.1) is 12.7 Å². The van der Waals surface area contributed by atoms with Gasteiger partial charge in [-0.15, -0.1) is 0 Å². The molecule has 0 spiro atoms. The van der Waals surface area contributed by atoms with Crippen molar-refractivity contribution in [1.29, 1.82) is 0 Å². The highest BCUT2D eigenvalue weighted by molar-refractivity contribution is 14.1. The van der Waals surface area contributed by atoms with Crippen LogP contribution in [-0.4, -0.2) is 16.9 Å². The number of hydrogen-bond donors (Lipinski definition) is 1. The number of halogens is 2. The van der Waals surface area contributed by atoms with Gasteiger partial charge in [-0.05, 0) is 41.9 Å². The predicted octanol–water partition coefficient (Wildman–Crippen LogP) is 3.86. The van der Waals surface area contributed by atoms with E-state index in [1.165, 1.54) is 29.4 Å². The van der Waals surface area contributed by atoms with Crippen LogP contribution >= 0.6 is 22.6 Å². The van der Waals surface area contributed by atoms with E-state index in [2.05, 4.69) is 27.9 Å². The fourth-order valence-electron chi connectivity index (χ4n) is 1.71. The molecule has 1 aromatic carbocycles. The number of carbonyl (C=O) groups excluding carboxylic acids is 1. The zero-order valence-corrected chi connectivity index (χ0v) is 12.8. The Hall–Kier alpha value is -0.650. The maximum atomic E-state index is 13.1. The highest BCUT2D eigenvalue weighted by Crippen LogP contribution is 2.10. The first-order chi connectivity index (χ1) is 8.65. The fourth-order valence-corrected chi connectivity index (χ4v) is 2.25. The molecule has 100 valence electrons. The Morgan fingerprint density at radius 2 is 2.00 bits per heavy atom. The lowest BCUT2D eigenvalue weighted by Crippen LogP contribution is -2.25. The number of carbonyl (C=O) groups is 1. The molecular formula is C14H19FINO. The van der Waals surface area contributed by atoms with E-state index in [1.54, 1.807) is 6.07 Å². The average molecular weight is 363 g/mol. The zero-order chi connectivity index (χ0) is 13.4. The Morgan fingerprint density at radius 3 is 2.72 bits per heavy atom. The van der Waals surface area contributed by atoms with Gasteiger partial charge in [-0.3, -0.25) is 4.79 Å². The summed E-state index contributed by atoms with van der Waals surface area (Å²) in [5, 5.41) is 2.84. The first kappa shape index (κ1) is 15.4. The molecule has 0 saturated carbocycles. The molecule has 0 aliphatic rings. The van der Waals surface area contributed by atoms with Crippen LogP contribution in [0.15, 0.2) is 18.2 Å². The summed E-state index contributed by atoms with van der Waals surface area (Å²) in [5.74, 6) is -0.548. The van der Waals surface area contributed by atoms with Gasteiger partial charge in [-0.1, -0.05) is 41.5 Å². The van der Waals surface area contributed by atoms with Crippen LogP contribution in [0.3, 0.4) is 0 Å². The summed E-state index contributed by atoms with van der Waals surface area (Å²) >= 11 is 2.37. The SMILES string of the molecule is Cc1ccc(F)cc1C(=O)NCCCCCCI. The quantitative estimate of drug-likeness (QED) is 0.445. The van der Waals surface area contributed by atoms with Crippen LogP contribution in [-0.2, 0) is 0 Å². The number of aryl methyl sites for hydroxylation is 1. The lowest BCUT2D eigenvalue weighted by molar-refractivity contribution is 0.0952. The van der Waals surface area contributed by atoms with Crippen molar-refractivity contribution in [3.05, 3.63) is 35.1 Å². The molecule has 18 heavy (non-hydrogen) atoms. The Morgan fingerprint density at radius 1 is 1.28 bits per heavy atom.